The van der Waals surface area contributed by atoms with Crippen LogP contribution in [0.2, 0.25) is 0 Å². The van der Waals surface area contributed by atoms with E-state index in [2.05, 4.69) is 13.2 Å². The fourth-order valence-electron chi connectivity index (χ4n) is 2.32. The van der Waals surface area contributed by atoms with Crippen LogP contribution in [0.3, 0.4) is 0 Å². The number of ketones is 2. The first-order valence-electron chi connectivity index (χ1n) is 5.69. The van der Waals surface area contributed by atoms with Gasteiger partial charge < -0.3 is 0 Å². The van der Waals surface area contributed by atoms with Crippen molar-refractivity contribution < 1.29 is 9.59 Å². The predicted octanol–water partition coefficient (Wildman–Crippen LogP) is 3.08. The molecule has 0 aliphatic heterocycles. The standard InChI is InChI=1S/C14H20O2/c1-5-6-12-10(2)7-11(15)8-14(3,4)9-13(12)16/h5,12H,1-2,6-9H2,3-4H3. The maximum atomic E-state index is 12.1. The molecule has 1 rings (SSSR count). The van der Waals surface area contributed by atoms with Gasteiger partial charge in [-0.3, -0.25) is 9.59 Å². The van der Waals surface area contributed by atoms with Crippen LogP contribution >= 0.6 is 0 Å². The van der Waals surface area contributed by atoms with Gasteiger partial charge in [0.05, 0.1) is 0 Å². The summed E-state index contributed by atoms with van der Waals surface area (Å²) in [7, 11) is 0. The van der Waals surface area contributed by atoms with Gasteiger partial charge in [0.2, 0.25) is 0 Å². The number of carbonyl (C=O) groups is 2. The third-order valence-electron chi connectivity index (χ3n) is 3.04. The summed E-state index contributed by atoms with van der Waals surface area (Å²) >= 11 is 0. The molecule has 0 spiro atoms. The molecule has 2 heteroatoms. The van der Waals surface area contributed by atoms with Crippen molar-refractivity contribution in [3.8, 4) is 0 Å². The first kappa shape index (κ1) is 12.9. The van der Waals surface area contributed by atoms with Crippen molar-refractivity contribution in [2.45, 2.75) is 39.5 Å². The van der Waals surface area contributed by atoms with Crippen molar-refractivity contribution >= 4 is 11.6 Å². The maximum Gasteiger partial charge on any atom is 0.140 e. The molecule has 0 aromatic carbocycles. The molecule has 1 unspecified atom stereocenters. The molecule has 0 saturated heterocycles. The largest absolute Gasteiger partial charge is 0.299 e. The molecule has 0 aromatic heterocycles. The minimum absolute atomic E-state index is 0.191. The van der Waals surface area contributed by atoms with E-state index in [-0.39, 0.29) is 22.9 Å². The molecule has 0 aromatic rings. The Hall–Kier alpha value is -1.18. The van der Waals surface area contributed by atoms with E-state index in [4.69, 9.17) is 0 Å². The Kier molecular flexibility index (Phi) is 3.84. The van der Waals surface area contributed by atoms with Gasteiger partial charge in [-0.15, -0.1) is 6.58 Å². The SMILES string of the molecule is C=CCC1C(=C)CC(=O)CC(C)(C)CC1=O. The summed E-state index contributed by atoms with van der Waals surface area (Å²) < 4.78 is 0. The van der Waals surface area contributed by atoms with E-state index in [0.717, 1.165) is 5.57 Å². The highest BCUT2D eigenvalue weighted by Gasteiger charge is 2.33. The Morgan fingerprint density at radius 2 is 2.00 bits per heavy atom. The quantitative estimate of drug-likeness (QED) is 0.670. The molecule has 1 saturated carbocycles. The summed E-state index contributed by atoms with van der Waals surface area (Å²) in [5.74, 6) is 0.181. The van der Waals surface area contributed by atoms with E-state index >= 15 is 0 Å². The Bertz CT molecular complexity index is 337. The second-order valence-electron chi connectivity index (χ2n) is 5.43. The van der Waals surface area contributed by atoms with Crippen molar-refractivity contribution in [1.82, 2.24) is 0 Å². The average molecular weight is 220 g/mol. The summed E-state index contributed by atoms with van der Waals surface area (Å²) in [6.45, 7) is 11.5. The fourth-order valence-corrected chi connectivity index (χ4v) is 2.32. The zero-order valence-corrected chi connectivity index (χ0v) is 10.2. The van der Waals surface area contributed by atoms with E-state index in [9.17, 15) is 9.59 Å². The van der Waals surface area contributed by atoms with Crippen molar-refractivity contribution in [3.63, 3.8) is 0 Å². The number of hydrogen-bond acceptors (Lipinski definition) is 2. The zero-order valence-electron chi connectivity index (χ0n) is 10.2. The van der Waals surface area contributed by atoms with Crippen LogP contribution in [0.5, 0.6) is 0 Å². The lowest BCUT2D eigenvalue weighted by atomic mass is 9.73. The van der Waals surface area contributed by atoms with Gasteiger partial charge in [-0.25, -0.2) is 0 Å². The normalized spacial score (nSPS) is 26.1. The van der Waals surface area contributed by atoms with E-state index in [1.54, 1.807) is 6.08 Å². The second-order valence-corrected chi connectivity index (χ2v) is 5.43. The number of rotatable bonds is 2. The topological polar surface area (TPSA) is 34.1 Å². The summed E-state index contributed by atoms with van der Waals surface area (Å²) in [6, 6.07) is 0. The van der Waals surface area contributed by atoms with Gasteiger partial charge >= 0.3 is 0 Å². The van der Waals surface area contributed by atoms with Gasteiger partial charge in [-0.2, -0.15) is 0 Å². The molecule has 1 aliphatic rings. The Balaban J connectivity index is 2.93. The van der Waals surface area contributed by atoms with Crippen LogP contribution in [-0.2, 0) is 9.59 Å². The smallest absolute Gasteiger partial charge is 0.140 e. The van der Waals surface area contributed by atoms with Crippen LogP contribution in [0, 0.1) is 11.3 Å². The van der Waals surface area contributed by atoms with Crippen molar-refractivity contribution in [1.29, 1.82) is 0 Å². The van der Waals surface area contributed by atoms with Gasteiger partial charge in [0.15, 0.2) is 0 Å². The number of Topliss-reactive ketones (excluding diaryl/α,β-unsaturated/α-hetero) is 2. The lowest BCUT2D eigenvalue weighted by Gasteiger charge is -2.29. The molecule has 0 N–H and O–H groups in total. The van der Waals surface area contributed by atoms with Crippen molar-refractivity contribution in [2.24, 2.45) is 11.3 Å². The van der Waals surface area contributed by atoms with E-state index in [1.165, 1.54) is 0 Å². The van der Waals surface area contributed by atoms with Gasteiger partial charge in [0, 0.05) is 25.2 Å². The minimum atomic E-state index is -0.214. The van der Waals surface area contributed by atoms with Crippen LogP contribution in [0.25, 0.3) is 0 Å². The van der Waals surface area contributed by atoms with E-state index in [0.29, 0.717) is 25.7 Å². The molecule has 0 heterocycles. The first-order valence-corrected chi connectivity index (χ1v) is 5.69. The highest BCUT2D eigenvalue weighted by atomic mass is 16.1. The molecule has 0 bridgehead atoms. The molecule has 88 valence electrons. The minimum Gasteiger partial charge on any atom is -0.299 e. The third-order valence-corrected chi connectivity index (χ3v) is 3.04. The summed E-state index contributed by atoms with van der Waals surface area (Å²) in [4.78, 5) is 23.8. The van der Waals surface area contributed by atoms with Crippen LogP contribution in [0.4, 0.5) is 0 Å². The molecule has 16 heavy (non-hydrogen) atoms. The molecule has 2 nitrogen and oxygen atoms in total. The lowest BCUT2D eigenvalue weighted by molar-refractivity contribution is -0.127. The monoisotopic (exact) mass is 220 g/mol. The summed E-state index contributed by atoms with van der Waals surface area (Å²) in [6.07, 6.45) is 3.59. The van der Waals surface area contributed by atoms with Gasteiger partial charge in [-0.1, -0.05) is 32.1 Å². The number of allylic oxidation sites excluding steroid dienone is 2. The third kappa shape index (κ3) is 3.16. The molecular weight excluding hydrogens is 200 g/mol. The molecular formula is C14H20O2. The highest BCUT2D eigenvalue weighted by Crippen LogP contribution is 2.34. The molecule has 0 amide bonds. The Morgan fingerprint density at radius 3 is 2.56 bits per heavy atom. The second kappa shape index (κ2) is 4.77. The molecule has 1 atom stereocenters. The lowest BCUT2D eigenvalue weighted by Crippen LogP contribution is -2.30. The Morgan fingerprint density at radius 1 is 1.38 bits per heavy atom. The van der Waals surface area contributed by atoms with E-state index in [1.807, 2.05) is 13.8 Å². The maximum absolute atomic E-state index is 12.1. The van der Waals surface area contributed by atoms with Crippen LogP contribution < -0.4 is 0 Å². The predicted molar refractivity (Wildman–Crippen MR) is 65.1 cm³/mol. The van der Waals surface area contributed by atoms with Gasteiger partial charge in [-0.05, 0) is 11.8 Å². The molecule has 1 fully saturated rings. The molecule has 0 radical (unpaired) electrons. The highest BCUT2D eigenvalue weighted by molar-refractivity contribution is 5.90. The van der Waals surface area contributed by atoms with Crippen LogP contribution in [0.1, 0.15) is 39.5 Å². The van der Waals surface area contributed by atoms with Crippen LogP contribution in [-0.4, -0.2) is 11.6 Å². The van der Waals surface area contributed by atoms with Crippen LogP contribution in [0.15, 0.2) is 24.8 Å². The van der Waals surface area contributed by atoms with E-state index < -0.39 is 0 Å². The van der Waals surface area contributed by atoms with Crippen molar-refractivity contribution in [2.75, 3.05) is 0 Å². The number of hydrogen-bond donors (Lipinski definition) is 0. The van der Waals surface area contributed by atoms with Gasteiger partial charge in [0.25, 0.3) is 0 Å². The Labute approximate surface area is 97.4 Å². The average Bonchev–Trinajstić information content (AvgIpc) is 2.09. The first-order chi connectivity index (χ1) is 7.35. The fraction of sp³-hybridized carbons (Fsp3) is 0.571. The number of carbonyl (C=O) groups excluding carboxylic acids is 2. The summed E-state index contributed by atoms with van der Waals surface area (Å²) in [5.41, 5.74) is 0.541. The van der Waals surface area contributed by atoms with Crippen molar-refractivity contribution in [3.05, 3.63) is 24.8 Å². The zero-order chi connectivity index (χ0) is 12.3. The summed E-state index contributed by atoms with van der Waals surface area (Å²) in [5, 5.41) is 0. The van der Waals surface area contributed by atoms with Gasteiger partial charge in [0.1, 0.15) is 11.6 Å². The molecule has 1 aliphatic carbocycles.